The Kier molecular flexibility index (Phi) is 13.4. The number of esters is 1. The monoisotopic (exact) mass is 660 g/mol. The fourth-order valence-corrected chi connectivity index (χ4v) is 6.29. The van der Waals surface area contributed by atoms with E-state index in [0.717, 1.165) is 42.5 Å². The summed E-state index contributed by atoms with van der Waals surface area (Å²) in [6.07, 6.45) is 2.02. The minimum atomic E-state index is -1.20. The first-order valence-electron chi connectivity index (χ1n) is 16.5. The predicted octanol–water partition coefficient (Wildman–Crippen LogP) is 5.66. The van der Waals surface area contributed by atoms with Gasteiger partial charge in [0.15, 0.2) is 0 Å². The number of carbonyl (C=O) groups is 3. The summed E-state index contributed by atoms with van der Waals surface area (Å²) in [4.78, 5) is 42.0. The van der Waals surface area contributed by atoms with E-state index in [2.05, 4.69) is 4.90 Å². The minimum absolute atomic E-state index is 0.0522. The molecule has 0 bridgehead atoms. The topological polar surface area (TPSA) is 115 Å². The number of nitrogens with zero attached hydrogens (tertiary/aromatic N) is 2. The number of hydrogen-bond donors (Lipinski definition) is 1. The molecule has 10 nitrogen and oxygen atoms in total. The van der Waals surface area contributed by atoms with Crippen molar-refractivity contribution in [2.24, 2.45) is 0 Å². The van der Waals surface area contributed by atoms with Crippen molar-refractivity contribution in [1.82, 2.24) is 9.80 Å². The maximum atomic E-state index is 14.2. The van der Waals surface area contributed by atoms with Crippen LogP contribution in [0.2, 0.25) is 0 Å². The van der Waals surface area contributed by atoms with Gasteiger partial charge in [0, 0.05) is 12.8 Å². The van der Waals surface area contributed by atoms with Gasteiger partial charge in [-0.3, -0.25) is 14.4 Å². The van der Waals surface area contributed by atoms with E-state index in [1.807, 2.05) is 93.0 Å². The molecule has 3 aromatic rings. The summed E-state index contributed by atoms with van der Waals surface area (Å²) in [5.41, 5.74) is 1.36. The van der Waals surface area contributed by atoms with Crippen LogP contribution in [0.25, 0.3) is 0 Å². The van der Waals surface area contributed by atoms with Crippen molar-refractivity contribution >= 4 is 17.8 Å². The molecule has 3 aromatic carbocycles. The van der Waals surface area contributed by atoms with Gasteiger partial charge in [-0.1, -0.05) is 61.0 Å². The zero-order valence-corrected chi connectivity index (χ0v) is 28.4. The lowest BCUT2D eigenvalue weighted by Gasteiger charge is -2.44. The van der Waals surface area contributed by atoms with Crippen LogP contribution in [0, 0.1) is 0 Å². The van der Waals surface area contributed by atoms with Crippen LogP contribution in [0.4, 0.5) is 0 Å². The van der Waals surface area contributed by atoms with Gasteiger partial charge in [-0.05, 0) is 74.4 Å². The van der Waals surface area contributed by atoms with Crippen molar-refractivity contribution in [3.05, 3.63) is 95.6 Å². The van der Waals surface area contributed by atoms with Crippen molar-refractivity contribution in [2.75, 3.05) is 41.4 Å². The highest BCUT2D eigenvalue weighted by atomic mass is 16.5. The number of methoxy groups -OCH3 is 2. The minimum Gasteiger partial charge on any atom is -0.497 e. The number of aliphatic carboxylic acids is 1. The van der Waals surface area contributed by atoms with Crippen LogP contribution in [0.15, 0.2) is 78.9 Å². The highest BCUT2D eigenvalue weighted by molar-refractivity contribution is 5.78. The fourth-order valence-electron chi connectivity index (χ4n) is 6.29. The molecule has 0 radical (unpaired) electrons. The first kappa shape index (κ1) is 36.4. The van der Waals surface area contributed by atoms with E-state index in [9.17, 15) is 14.4 Å². The van der Waals surface area contributed by atoms with Gasteiger partial charge >= 0.3 is 11.9 Å². The lowest BCUT2D eigenvalue weighted by atomic mass is 9.78. The zero-order valence-electron chi connectivity index (χ0n) is 28.4. The standard InChI is InChI=1S/C38H48N2O8/c1-39(2)24-10-6-9-13-35(41)40-26-33(48-37(44)23-22-36(42)43)25-34(40)38(29-14-18-31(45-3)19-15-29,30-16-20-32(46-4)21-17-30)47-27-28-11-7-5-8-12-28/h5,7-8,11-12,14-21,33-34H,6,9-10,13,22-27H2,1-4H3,(H,42,43). The molecule has 4 rings (SSSR count). The number of ether oxygens (including phenoxy) is 4. The van der Waals surface area contributed by atoms with E-state index in [1.54, 1.807) is 19.1 Å². The Morgan fingerprint density at radius 2 is 1.42 bits per heavy atom. The summed E-state index contributed by atoms with van der Waals surface area (Å²) < 4.78 is 23.9. The quantitative estimate of drug-likeness (QED) is 0.136. The second kappa shape index (κ2) is 17.7. The van der Waals surface area contributed by atoms with E-state index >= 15 is 0 Å². The van der Waals surface area contributed by atoms with Gasteiger partial charge in [0.1, 0.15) is 23.2 Å². The molecule has 0 saturated carbocycles. The summed E-state index contributed by atoms with van der Waals surface area (Å²) in [5, 5.41) is 9.12. The fraction of sp³-hybridized carbons (Fsp3) is 0.447. The lowest BCUT2D eigenvalue weighted by molar-refractivity contribution is -0.152. The molecule has 1 saturated heterocycles. The number of carbonyl (C=O) groups excluding carboxylic acids is 2. The van der Waals surface area contributed by atoms with Crippen molar-refractivity contribution in [2.45, 2.75) is 69.3 Å². The van der Waals surface area contributed by atoms with Gasteiger partial charge in [0.2, 0.25) is 5.91 Å². The molecule has 0 aliphatic carbocycles. The van der Waals surface area contributed by atoms with Crippen LogP contribution in [0.5, 0.6) is 11.5 Å². The summed E-state index contributed by atoms with van der Waals surface area (Å²) in [7, 11) is 7.28. The third-order valence-electron chi connectivity index (χ3n) is 8.74. The Morgan fingerprint density at radius 3 is 1.96 bits per heavy atom. The number of likely N-dealkylation sites (tertiary alicyclic amines) is 1. The normalized spacial score (nSPS) is 16.1. The van der Waals surface area contributed by atoms with Crippen LogP contribution in [-0.4, -0.2) is 86.3 Å². The van der Waals surface area contributed by atoms with Gasteiger partial charge in [-0.25, -0.2) is 0 Å². The average Bonchev–Trinajstić information content (AvgIpc) is 3.52. The van der Waals surface area contributed by atoms with Crippen molar-refractivity contribution in [3.63, 3.8) is 0 Å². The smallest absolute Gasteiger partial charge is 0.306 e. The van der Waals surface area contributed by atoms with Crippen molar-refractivity contribution < 1.29 is 38.4 Å². The van der Waals surface area contributed by atoms with Crippen LogP contribution >= 0.6 is 0 Å². The molecule has 258 valence electrons. The Hall–Kier alpha value is -4.41. The second-order valence-corrected chi connectivity index (χ2v) is 12.4. The van der Waals surface area contributed by atoms with Crippen LogP contribution in [0.3, 0.4) is 0 Å². The number of unbranched alkanes of at least 4 members (excludes halogenated alkanes) is 2. The molecular weight excluding hydrogens is 612 g/mol. The predicted molar refractivity (Wildman–Crippen MR) is 182 cm³/mol. The Labute approximate surface area is 283 Å². The largest absolute Gasteiger partial charge is 0.497 e. The van der Waals surface area contributed by atoms with E-state index in [-0.39, 0.29) is 38.3 Å². The maximum absolute atomic E-state index is 14.2. The number of carboxylic acids is 1. The maximum Gasteiger partial charge on any atom is 0.306 e. The third kappa shape index (κ3) is 9.58. The van der Waals surface area contributed by atoms with Crippen LogP contribution in [-0.2, 0) is 36.1 Å². The number of hydrogen-bond acceptors (Lipinski definition) is 8. The Balaban J connectivity index is 1.80. The van der Waals surface area contributed by atoms with Crippen LogP contribution < -0.4 is 9.47 Å². The highest BCUT2D eigenvalue weighted by Crippen LogP contribution is 2.46. The number of amides is 1. The van der Waals surface area contributed by atoms with Gasteiger partial charge in [0.05, 0.1) is 46.3 Å². The molecule has 1 fully saturated rings. The van der Waals surface area contributed by atoms with Gasteiger partial charge < -0.3 is 33.9 Å². The van der Waals surface area contributed by atoms with Crippen molar-refractivity contribution in [3.8, 4) is 11.5 Å². The number of rotatable bonds is 18. The molecular formula is C38H48N2O8. The summed E-state index contributed by atoms with van der Waals surface area (Å²) >= 11 is 0. The molecule has 1 aliphatic heterocycles. The van der Waals surface area contributed by atoms with E-state index < -0.39 is 29.7 Å². The first-order valence-corrected chi connectivity index (χ1v) is 16.5. The van der Waals surface area contributed by atoms with E-state index in [0.29, 0.717) is 17.9 Å². The lowest BCUT2D eigenvalue weighted by Crippen LogP contribution is -2.52. The zero-order chi connectivity index (χ0) is 34.5. The van der Waals surface area contributed by atoms with Gasteiger partial charge in [-0.15, -0.1) is 0 Å². The van der Waals surface area contributed by atoms with E-state index in [1.165, 1.54) is 0 Å². The number of benzene rings is 3. The Morgan fingerprint density at radius 1 is 0.812 bits per heavy atom. The molecule has 1 aliphatic rings. The molecule has 48 heavy (non-hydrogen) atoms. The van der Waals surface area contributed by atoms with Gasteiger partial charge in [-0.2, -0.15) is 0 Å². The molecule has 0 spiro atoms. The highest BCUT2D eigenvalue weighted by Gasteiger charge is 2.52. The molecule has 2 atom stereocenters. The van der Waals surface area contributed by atoms with E-state index in [4.69, 9.17) is 24.1 Å². The molecule has 2 unspecified atom stereocenters. The summed E-state index contributed by atoms with van der Waals surface area (Å²) in [6, 6.07) is 24.5. The van der Waals surface area contributed by atoms with Crippen LogP contribution in [0.1, 0.15) is 61.6 Å². The molecule has 1 heterocycles. The van der Waals surface area contributed by atoms with Gasteiger partial charge in [0.25, 0.3) is 0 Å². The average molecular weight is 661 g/mol. The molecule has 1 N–H and O–H groups in total. The molecule has 1 amide bonds. The summed E-state index contributed by atoms with van der Waals surface area (Å²) in [5.74, 6) is -0.386. The van der Waals surface area contributed by atoms with Crippen molar-refractivity contribution in [1.29, 1.82) is 0 Å². The SMILES string of the molecule is COc1ccc(C(OCc2ccccc2)(c2ccc(OC)cc2)C2CC(OC(=O)CCC(=O)O)CN2C(=O)CCCCCN(C)C)cc1. The molecule has 10 heteroatoms. The Bertz CT molecular complexity index is 1410. The molecule has 0 aromatic heterocycles. The number of carboxylic acid groups (broad SMARTS) is 1. The summed E-state index contributed by atoms with van der Waals surface area (Å²) in [6.45, 7) is 1.36. The second-order valence-electron chi connectivity index (χ2n) is 12.4. The third-order valence-corrected chi connectivity index (χ3v) is 8.74. The first-order chi connectivity index (χ1) is 23.2.